The second kappa shape index (κ2) is 6.59. The highest BCUT2D eigenvalue weighted by molar-refractivity contribution is 7.20. The number of carbonyl (C=O) groups is 1. The number of amides is 1. The van der Waals surface area contributed by atoms with E-state index in [1.165, 1.54) is 22.2 Å². The number of benzene rings is 1. The molecule has 0 spiro atoms. The zero-order valence-electron chi connectivity index (χ0n) is 15.8. The van der Waals surface area contributed by atoms with E-state index in [9.17, 15) is 9.59 Å². The van der Waals surface area contributed by atoms with Gasteiger partial charge in [0.2, 0.25) is 0 Å². The zero-order chi connectivity index (χ0) is 20.1. The number of aromatic nitrogens is 6. The molecule has 1 N–H and O–H groups in total. The van der Waals surface area contributed by atoms with Gasteiger partial charge in [0, 0.05) is 18.3 Å². The lowest BCUT2D eigenvalue weighted by atomic mass is 10.1. The fraction of sp³-hybridized carbons (Fsp3) is 0.263. The smallest absolute Gasteiger partial charge is 0.266 e. The summed E-state index contributed by atoms with van der Waals surface area (Å²) in [4.78, 5) is 30.6. The Bertz CT molecular complexity index is 1320. The molecular formula is C19H17N7O2S. The van der Waals surface area contributed by atoms with Gasteiger partial charge < -0.3 is 9.88 Å². The van der Waals surface area contributed by atoms with Crippen LogP contribution in [0.2, 0.25) is 0 Å². The third-order valence-electron chi connectivity index (χ3n) is 4.98. The molecule has 3 heterocycles. The second-order valence-electron chi connectivity index (χ2n) is 7.11. The van der Waals surface area contributed by atoms with Gasteiger partial charge in [-0.2, -0.15) is 0 Å². The topological polar surface area (TPSA) is 108 Å². The third-order valence-corrected chi connectivity index (χ3v) is 6.18. The van der Waals surface area contributed by atoms with Gasteiger partial charge in [-0.05, 0) is 47.9 Å². The van der Waals surface area contributed by atoms with Gasteiger partial charge in [0.15, 0.2) is 5.82 Å². The molecule has 1 aromatic carbocycles. The van der Waals surface area contributed by atoms with E-state index >= 15 is 0 Å². The number of thiophene rings is 1. The number of aryl methyl sites for hydroxylation is 2. The Hall–Kier alpha value is -3.40. The van der Waals surface area contributed by atoms with E-state index in [2.05, 4.69) is 25.8 Å². The molecule has 1 fully saturated rings. The number of carbonyl (C=O) groups excluding carboxylic acids is 1. The molecule has 1 aliphatic carbocycles. The highest BCUT2D eigenvalue weighted by Gasteiger charge is 2.28. The van der Waals surface area contributed by atoms with Crippen molar-refractivity contribution in [1.29, 1.82) is 0 Å². The zero-order valence-corrected chi connectivity index (χ0v) is 16.6. The number of anilines is 1. The van der Waals surface area contributed by atoms with Crippen LogP contribution in [-0.2, 0) is 7.05 Å². The SMILES string of the molecule is Cc1c(C(=O)Nc2cccc(-c3nnnn3C3CC3)c2)sc2ncn(C)c(=O)c12. The van der Waals surface area contributed by atoms with Gasteiger partial charge in [0.05, 0.1) is 22.6 Å². The van der Waals surface area contributed by atoms with Crippen molar-refractivity contribution >= 4 is 33.1 Å². The van der Waals surface area contributed by atoms with Crippen molar-refractivity contribution in [2.45, 2.75) is 25.8 Å². The summed E-state index contributed by atoms with van der Waals surface area (Å²) in [7, 11) is 1.65. The number of hydrogen-bond donors (Lipinski definition) is 1. The maximum Gasteiger partial charge on any atom is 0.266 e. The highest BCUT2D eigenvalue weighted by Crippen LogP contribution is 2.37. The van der Waals surface area contributed by atoms with Gasteiger partial charge in [-0.25, -0.2) is 9.67 Å². The van der Waals surface area contributed by atoms with Gasteiger partial charge in [-0.15, -0.1) is 16.4 Å². The molecule has 1 amide bonds. The molecule has 146 valence electrons. The Morgan fingerprint density at radius 1 is 1.31 bits per heavy atom. The molecule has 0 radical (unpaired) electrons. The molecule has 0 saturated heterocycles. The first-order valence-electron chi connectivity index (χ1n) is 9.17. The largest absolute Gasteiger partial charge is 0.321 e. The fourth-order valence-electron chi connectivity index (χ4n) is 3.30. The van der Waals surface area contributed by atoms with E-state index < -0.39 is 0 Å². The number of tetrazole rings is 1. The molecule has 0 bridgehead atoms. The fourth-order valence-corrected chi connectivity index (χ4v) is 4.33. The molecule has 0 unspecified atom stereocenters. The lowest BCUT2D eigenvalue weighted by molar-refractivity contribution is 0.103. The monoisotopic (exact) mass is 407 g/mol. The van der Waals surface area contributed by atoms with Crippen LogP contribution < -0.4 is 10.9 Å². The average molecular weight is 407 g/mol. The summed E-state index contributed by atoms with van der Waals surface area (Å²) in [5, 5.41) is 15.4. The summed E-state index contributed by atoms with van der Waals surface area (Å²) in [6.45, 7) is 1.77. The predicted molar refractivity (Wildman–Crippen MR) is 109 cm³/mol. The van der Waals surface area contributed by atoms with Crippen molar-refractivity contribution in [1.82, 2.24) is 29.8 Å². The van der Waals surface area contributed by atoms with Gasteiger partial charge in [-0.3, -0.25) is 9.59 Å². The van der Waals surface area contributed by atoms with Crippen LogP contribution in [-0.4, -0.2) is 35.7 Å². The summed E-state index contributed by atoms with van der Waals surface area (Å²) in [5.41, 5.74) is 1.96. The Morgan fingerprint density at radius 3 is 2.93 bits per heavy atom. The van der Waals surface area contributed by atoms with E-state index in [1.807, 2.05) is 28.9 Å². The maximum absolute atomic E-state index is 12.9. The Morgan fingerprint density at radius 2 is 2.14 bits per heavy atom. The average Bonchev–Trinajstić information content (AvgIpc) is 3.33. The van der Waals surface area contributed by atoms with Gasteiger partial charge in [0.25, 0.3) is 11.5 Å². The van der Waals surface area contributed by atoms with Gasteiger partial charge in [-0.1, -0.05) is 12.1 Å². The molecule has 9 nitrogen and oxygen atoms in total. The first-order valence-corrected chi connectivity index (χ1v) is 9.99. The predicted octanol–water partition coefficient (Wildman–Crippen LogP) is 2.54. The van der Waals surface area contributed by atoms with E-state index in [1.54, 1.807) is 14.0 Å². The quantitative estimate of drug-likeness (QED) is 0.557. The third kappa shape index (κ3) is 3.01. The van der Waals surface area contributed by atoms with Crippen LogP contribution >= 0.6 is 11.3 Å². The number of nitrogens with zero attached hydrogens (tertiary/aromatic N) is 6. The van der Waals surface area contributed by atoms with Crippen LogP contribution in [0.1, 0.15) is 34.1 Å². The summed E-state index contributed by atoms with van der Waals surface area (Å²) in [6, 6.07) is 7.79. The maximum atomic E-state index is 12.9. The van der Waals surface area contributed by atoms with Crippen LogP contribution in [0.5, 0.6) is 0 Å². The van der Waals surface area contributed by atoms with Crippen molar-refractivity contribution in [2.24, 2.45) is 7.05 Å². The van der Waals surface area contributed by atoms with Crippen LogP contribution in [0.4, 0.5) is 5.69 Å². The molecule has 0 atom stereocenters. The summed E-state index contributed by atoms with van der Waals surface area (Å²) in [5.74, 6) is 0.417. The minimum absolute atomic E-state index is 0.156. The normalized spacial score (nSPS) is 13.7. The van der Waals surface area contributed by atoms with Crippen molar-refractivity contribution in [3.8, 4) is 11.4 Å². The van der Waals surface area contributed by atoms with Gasteiger partial charge in [0.1, 0.15) is 4.83 Å². The van der Waals surface area contributed by atoms with Crippen molar-refractivity contribution < 1.29 is 4.79 Å². The molecule has 5 rings (SSSR count). The number of nitrogens with one attached hydrogen (secondary N) is 1. The lowest BCUT2D eigenvalue weighted by Gasteiger charge is -2.07. The second-order valence-corrected chi connectivity index (χ2v) is 8.11. The molecule has 1 saturated carbocycles. The van der Waals surface area contributed by atoms with Crippen LogP contribution in [0.25, 0.3) is 21.6 Å². The summed E-state index contributed by atoms with van der Waals surface area (Å²) < 4.78 is 3.25. The molecule has 10 heteroatoms. The van der Waals surface area contributed by atoms with Crippen LogP contribution in [0.15, 0.2) is 35.4 Å². The molecule has 0 aliphatic heterocycles. The van der Waals surface area contributed by atoms with Crippen molar-refractivity contribution in [3.63, 3.8) is 0 Å². The first-order chi connectivity index (χ1) is 14.0. The van der Waals surface area contributed by atoms with E-state index in [0.29, 0.717) is 38.2 Å². The Labute approximate surface area is 169 Å². The van der Waals surface area contributed by atoms with E-state index in [0.717, 1.165) is 18.4 Å². The molecule has 29 heavy (non-hydrogen) atoms. The van der Waals surface area contributed by atoms with E-state index in [-0.39, 0.29) is 11.5 Å². The molecular weight excluding hydrogens is 390 g/mol. The number of rotatable bonds is 4. The van der Waals surface area contributed by atoms with Crippen LogP contribution in [0, 0.1) is 6.92 Å². The number of fused-ring (bicyclic) bond motifs is 1. The molecule has 4 aromatic rings. The van der Waals surface area contributed by atoms with E-state index in [4.69, 9.17) is 0 Å². The number of hydrogen-bond acceptors (Lipinski definition) is 7. The van der Waals surface area contributed by atoms with Gasteiger partial charge >= 0.3 is 0 Å². The van der Waals surface area contributed by atoms with Crippen LogP contribution in [0.3, 0.4) is 0 Å². The minimum atomic E-state index is -0.272. The summed E-state index contributed by atoms with van der Waals surface area (Å²) >= 11 is 1.22. The summed E-state index contributed by atoms with van der Waals surface area (Å²) in [6.07, 6.45) is 3.62. The standard InChI is InChI=1S/C19H17N7O2S/c1-10-14-18(20-9-25(2)19(14)28)29-15(10)17(27)21-12-5-3-4-11(8-12)16-22-23-24-26(16)13-6-7-13/h3-5,8-9,13H,6-7H2,1-2H3,(H,21,27). The Kier molecular flexibility index (Phi) is 4.02. The van der Waals surface area contributed by atoms with Crippen molar-refractivity contribution in [2.75, 3.05) is 5.32 Å². The van der Waals surface area contributed by atoms with Crippen molar-refractivity contribution in [3.05, 3.63) is 51.4 Å². The lowest BCUT2D eigenvalue weighted by Crippen LogP contribution is -2.17. The minimum Gasteiger partial charge on any atom is -0.321 e. The highest BCUT2D eigenvalue weighted by atomic mass is 32.1. The Balaban J connectivity index is 1.47. The first kappa shape index (κ1) is 17.7. The molecule has 3 aromatic heterocycles. The molecule has 1 aliphatic rings.